The molecule has 1 aromatic carbocycles. The molecule has 0 saturated carbocycles. The summed E-state index contributed by atoms with van der Waals surface area (Å²) in [4.78, 5) is 15.6. The van der Waals surface area contributed by atoms with E-state index in [4.69, 9.17) is 0 Å². The maximum atomic E-state index is 11.6. The van der Waals surface area contributed by atoms with Crippen molar-refractivity contribution in [2.75, 3.05) is 5.32 Å². The van der Waals surface area contributed by atoms with Crippen molar-refractivity contribution in [3.63, 3.8) is 0 Å². The van der Waals surface area contributed by atoms with Gasteiger partial charge in [-0.25, -0.2) is 0 Å². The van der Waals surface area contributed by atoms with Gasteiger partial charge in [0.15, 0.2) is 0 Å². The van der Waals surface area contributed by atoms with Gasteiger partial charge in [-0.1, -0.05) is 24.3 Å². The molecule has 1 heterocycles. The summed E-state index contributed by atoms with van der Waals surface area (Å²) in [6, 6.07) is 14.5. The molecule has 0 aliphatic carbocycles. The van der Waals surface area contributed by atoms with Gasteiger partial charge in [-0.05, 0) is 24.3 Å². The SMILES string of the molecule is O=C(Nc1ccccc1)c1ccccn1. The third-order valence-electron chi connectivity index (χ3n) is 1.93. The first-order valence-corrected chi connectivity index (χ1v) is 4.64. The molecule has 0 unspecified atom stereocenters. The number of carbonyl (C=O) groups is 1. The van der Waals surface area contributed by atoms with Gasteiger partial charge in [-0.15, -0.1) is 0 Å². The van der Waals surface area contributed by atoms with E-state index in [1.165, 1.54) is 0 Å². The second-order valence-electron chi connectivity index (χ2n) is 3.04. The number of nitrogens with one attached hydrogen (secondary N) is 1. The number of nitrogens with zero attached hydrogens (tertiary/aromatic N) is 1. The Morgan fingerprint density at radius 2 is 1.73 bits per heavy atom. The van der Waals surface area contributed by atoms with Gasteiger partial charge in [-0.3, -0.25) is 9.78 Å². The average molecular weight is 198 g/mol. The molecule has 2 rings (SSSR count). The van der Waals surface area contributed by atoms with Crippen molar-refractivity contribution in [2.45, 2.75) is 0 Å². The molecule has 1 amide bonds. The van der Waals surface area contributed by atoms with Crippen LogP contribution in [0.25, 0.3) is 0 Å². The van der Waals surface area contributed by atoms with Crippen molar-refractivity contribution >= 4 is 11.6 Å². The van der Waals surface area contributed by atoms with Crippen molar-refractivity contribution in [3.8, 4) is 0 Å². The molecule has 3 heteroatoms. The van der Waals surface area contributed by atoms with Crippen molar-refractivity contribution < 1.29 is 4.79 Å². The first-order chi connectivity index (χ1) is 7.36. The predicted molar refractivity (Wildman–Crippen MR) is 58.6 cm³/mol. The minimum Gasteiger partial charge on any atom is -0.321 e. The zero-order valence-electron chi connectivity index (χ0n) is 8.05. The van der Waals surface area contributed by atoms with Crippen LogP contribution >= 0.6 is 0 Å². The summed E-state index contributed by atoms with van der Waals surface area (Å²) in [7, 11) is 0. The van der Waals surface area contributed by atoms with Gasteiger partial charge < -0.3 is 5.32 Å². The van der Waals surface area contributed by atoms with E-state index in [1.54, 1.807) is 24.4 Å². The molecule has 0 fully saturated rings. The lowest BCUT2D eigenvalue weighted by molar-refractivity contribution is 0.102. The van der Waals surface area contributed by atoms with Gasteiger partial charge in [0.05, 0.1) is 0 Å². The minimum atomic E-state index is -0.193. The number of hydrogen-bond acceptors (Lipinski definition) is 2. The van der Waals surface area contributed by atoms with Crippen molar-refractivity contribution in [1.29, 1.82) is 0 Å². The normalized spacial score (nSPS) is 9.60. The number of benzene rings is 1. The fraction of sp³-hybridized carbons (Fsp3) is 0. The summed E-state index contributed by atoms with van der Waals surface area (Å²) in [5.74, 6) is -0.193. The smallest absolute Gasteiger partial charge is 0.274 e. The van der Waals surface area contributed by atoms with Crippen LogP contribution < -0.4 is 5.32 Å². The predicted octanol–water partition coefficient (Wildman–Crippen LogP) is 2.33. The second kappa shape index (κ2) is 4.37. The molecule has 0 atom stereocenters. The first-order valence-electron chi connectivity index (χ1n) is 4.64. The fourth-order valence-corrected chi connectivity index (χ4v) is 1.21. The van der Waals surface area contributed by atoms with E-state index < -0.39 is 0 Å². The van der Waals surface area contributed by atoms with E-state index in [0.29, 0.717) is 5.69 Å². The quantitative estimate of drug-likeness (QED) is 0.804. The minimum absolute atomic E-state index is 0.193. The standard InChI is InChI=1S/C12H10N2O/c15-12(11-8-4-5-9-13-11)14-10-6-2-1-3-7-10/h1-9H,(H,14,15). The van der Waals surface area contributed by atoms with Gasteiger partial charge in [-0.2, -0.15) is 0 Å². The second-order valence-corrected chi connectivity index (χ2v) is 3.04. The molecule has 74 valence electrons. The Kier molecular flexibility index (Phi) is 2.74. The Balaban J connectivity index is 2.12. The number of pyridine rings is 1. The summed E-state index contributed by atoms with van der Waals surface area (Å²) in [6.45, 7) is 0. The fourth-order valence-electron chi connectivity index (χ4n) is 1.21. The highest BCUT2D eigenvalue weighted by atomic mass is 16.1. The molecular formula is C12H10N2O. The molecule has 1 N–H and O–H groups in total. The van der Waals surface area contributed by atoms with Crippen molar-refractivity contribution in [2.24, 2.45) is 0 Å². The Morgan fingerprint density at radius 1 is 1.00 bits per heavy atom. The van der Waals surface area contributed by atoms with Gasteiger partial charge in [0.25, 0.3) is 5.91 Å². The van der Waals surface area contributed by atoms with Gasteiger partial charge in [0.2, 0.25) is 0 Å². The maximum Gasteiger partial charge on any atom is 0.274 e. The van der Waals surface area contributed by atoms with Gasteiger partial charge in [0, 0.05) is 11.9 Å². The van der Waals surface area contributed by atoms with Crippen LogP contribution in [0.15, 0.2) is 54.7 Å². The van der Waals surface area contributed by atoms with E-state index in [9.17, 15) is 4.79 Å². The summed E-state index contributed by atoms with van der Waals surface area (Å²) < 4.78 is 0. The molecule has 15 heavy (non-hydrogen) atoms. The number of amides is 1. The Bertz CT molecular complexity index is 440. The van der Waals surface area contributed by atoms with E-state index in [1.807, 2.05) is 30.3 Å². The topological polar surface area (TPSA) is 42.0 Å². The number of carbonyl (C=O) groups excluding carboxylic acids is 1. The van der Waals surface area contributed by atoms with E-state index in [2.05, 4.69) is 10.3 Å². The largest absolute Gasteiger partial charge is 0.321 e. The molecule has 0 aliphatic rings. The Labute approximate surface area is 87.8 Å². The summed E-state index contributed by atoms with van der Waals surface area (Å²) >= 11 is 0. The lowest BCUT2D eigenvalue weighted by Gasteiger charge is -2.03. The molecule has 0 saturated heterocycles. The van der Waals surface area contributed by atoms with Crippen LogP contribution in [0.3, 0.4) is 0 Å². The molecular weight excluding hydrogens is 188 g/mol. The van der Waals surface area contributed by atoms with Gasteiger partial charge in [0.1, 0.15) is 5.69 Å². The van der Waals surface area contributed by atoms with Crippen LogP contribution in [0.5, 0.6) is 0 Å². The lowest BCUT2D eigenvalue weighted by Crippen LogP contribution is -2.12. The number of para-hydroxylation sites is 1. The third-order valence-corrected chi connectivity index (χ3v) is 1.93. The van der Waals surface area contributed by atoms with Crippen molar-refractivity contribution in [3.05, 3.63) is 60.4 Å². The Hall–Kier alpha value is -2.16. The zero-order chi connectivity index (χ0) is 10.5. The highest BCUT2D eigenvalue weighted by molar-refractivity contribution is 6.02. The van der Waals surface area contributed by atoms with Crippen LogP contribution in [-0.4, -0.2) is 10.9 Å². The van der Waals surface area contributed by atoms with Crippen LogP contribution in [0.2, 0.25) is 0 Å². The molecule has 1 aromatic heterocycles. The van der Waals surface area contributed by atoms with E-state index in [-0.39, 0.29) is 5.91 Å². The van der Waals surface area contributed by atoms with Gasteiger partial charge >= 0.3 is 0 Å². The van der Waals surface area contributed by atoms with Crippen molar-refractivity contribution in [1.82, 2.24) is 4.98 Å². The van der Waals surface area contributed by atoms with Crippen LogP contribution in [0, 0.1) is 0 Å². The van der Waals surface area contributed by atoms with Crippen LogP contribution in [0.1, 0.15) is 10.5 Å². The third kappa shape index (κ3) is 2.40. The highest BCUT2D eigenvalue weighted by Crippen LogP contribution is 2.06. The molecule has 0 aliphatic heterocycles. The summed E-state index contributed by atoms with van der Waals surface area (Å²) in [5, 5.41) is 2.76. The van der Waals surface area contributed by atoms with Crippen LogP contribution in [-0.2, 0) is 0 Å². The molecule has 0 bridgehead atoms. The summed E-state index contributed by atoms with van der Waals surface area (Å²) in [6.07, 6.45) is 1.60. The number of anilines is 1. The molecule has 3 nitrogen and oxygen atoms in total. The summed E-state index contributed by atoms with van der Waals surface area (Å²) in [5.41, 5.74) is 1.19. The molecule has 0 radical (unpaired) electrons. The number of hydrogen-bond donors (Lipinski definition) is 1. The average Bonchev–Trinajstić information content (AvgIpc) is 2.31. The maximum absolute atomic E-state index is 11.6. The highest BCUT2D eigenvalue weighted by Gasteiger charge is 2.05. The Morgan fingerprint density at radius 3 is 2.40 bits per heavy atom. The monoisotopic (exact) mass is 198 g/mol. The molecule has 0 spiro atoms. The number of aromatic nitrogens is 1. The van der Waals surface area contributed by atoms with E-state index >= 15 is 0 Å². The zero-order valence-corrected chi connectivity index (χ0v) is 8.05. The lowest BCUT2D eigenvalue weighted by atomic mass is 10.3. The van der Waals surface area contributed by atoms with E-state index in [0.717, 1.165) is 5.69 Å². The first kappa shape index (κ1) is 9.40. The van der Waals surface area contributed by atoms with Crippen LogP contribution in [0.4, 0.5) is 5.69 Å². The molecule has 2 aromatic rings. The number of rotatable bonds is 2.